The molecular formula is C50H34. The summed E-state index contributed by atoms with van der Waals surface area (Å²) in [5.41, 5.74) is 10.1. The zero-order valence-electron chi connectivity index (χ0n) is 28.2. The van der Waals surface area contributed by atoms with Crippen LogP contribution in [0.2, 0.25) is 0 Å². The van der Waals surface area contributed by atoms with Crippen molar-refractivity contribution in [2.24, 2.45) is 0 Å². The molecule has 50 heavy (non-hydrogen) atoms. The monoisotopic (exact) mass is 634 g/mol. The van der Waals surface area contributed by atoms with Crippen LogP contribution in [-0.2, 0) is 0 Å². The van der Waals surface area contributed by atoms with Crippen LogP contribution in [0.3, 0.4) is 0 Å². The first kappa shape index (κ1) is 28.7. The molecule has 0 amide bonds. The maximum Gasteiger partial charge on any atom is -0.00259 e. The van der Waals surface area contributed by atoms with Gasteiger partial charge in [-0.15, -0.1) is 0 Å². The van der Waals surface area contributed by atoms with Crippen molar-refractivity contribution in [3.05, 3.63) is 181 Å². The molecule has 0 saturated carbocycles. The zero-order chi connectivity index (χ0) is 33.3. The third-order valence-corrected chi connectivity index (χ3v) is 10.7. The highest BCUT2D eigenvalue weighted by atomic mass is 14.2. The number of rotatable bonds is 3. The first-order chi connectivity index (χ1) is 24.6. The lowest BCUT2D eigenvalue weighted by molar-refractivity contribution is 1.51. The third-order valence-electron chi connectivity index (χ3n) is 10.7. The van der Waals surface area contributed by atoms with Crippen LogP contribution in [0.25, 0.3) is 98.0 Å². The Balaban J connectivity index is 1.32. The van der Waals surface area contributed by atoms with Crippen LogP contribution in [0.15, 0.2) is 170 Å². The van der Waals surface area contributed by atoms with Gasteiger partial charge in [0.2, 0.25) is 0 Å². The average Bonchev–Trinajstić information content (AvgIpc) is 3.16. The molecule has 0 heterocycles. The number of fused-ring (bicyclic) bond motifs is 7. The highest BCUT2D eigenvalue weighted by Crippen LogP contribution is 2.46. The molecule has 234 valence electrons. The number of aryl methyl sites for hydroxylation is 2. The lowest BCUT2D eigenvalue weighted by Gasteiger charge is -2.20. The van der Waals surface area contributed by atoms with Gasteiger partial charge < -0.3 is 0 Å². The summed E-state index contributed by atoms with van der Waals surface area (Å²) in [7, 11) is 0. The summed E-state index contributed by atoms with van der Waals surface area (Å²) in [5.74, 6) is 0. The minimum Gasteiger partial charge on any atom is -0.0616 e. The maximum absolute atomic E-state index is 2.45. The molecule has 0 fully saturated rings. The Bertz CT molecular complexity index is 3000. The van der Waals surface area contributed by atoms with Gasteiger partial charge in [0.05, 0.1) is 0 Å². The van der Waals surface area contributed by atoms with E-state index in [9.17, 15) is 0 Å². The highest BCUT2D eigenvalue weighted by molar-refractivity contribution is 6.23. The Morgan fingerprint density at radius 1 is 0.260 bits per heavy atom. The molecule has 10 rings (SSSR count). The Morgan fingerprint density at radius 2 is 0.780 bits per heavy atom. The molecule has 0 aliphatic heterocycles. The zero-order valence-corrected chi connectivity index (χ0v) is 28.2. The Morgan fingerprint density at radius 3 is 1.58 bits per heavy atom. The van der Waals surface area contributed by atoms with E-state index >= 15 is 0 Å². The molecule has 0 bridgehead atoms. The van der Waals surface area contributed by atoms with Crippen LogP contribution in [0, 0.1) is 13.8 Å². The Hall–Kier alpha value is -6.24. The third kappa shape index (κ3) is 4.53. The summed E-state index contributed by atoms with van der Waals surface area (Å²) in [6.07, 6.45) is 0. The van der Waals surface area contributed by atoms with E-state index in [1.54, 1.807) is 0 Å². The Labute approximate surface area is 291 Å². The van der Waals surface area contributed by atoms with Gasteiger partial charge in [0.15, 0.2) is 0 Å². The summed E-state index contributed by atoms with van der Waals surface area (Å²) in [4.78, 5) is 0. The van der Waals surface area contributed by atoms with Gasteiger partial charge in [-0.05, 0) is 130 Å². The number of benzene rings is 10. The van der Waals surface area contributed by atoms with Gasteiger partial charge in [0.25, 0.3) is 0 Å². The lowest BCUT2D eigenvalue weighted by atomic mass is 9.83. The van der Waals surface area contributed by atoms with E-state index in [0.717, 1.165) is 0 Å². The Kier molecular flexibility index (Phi) is 6.41. The fourth-order valence-corrected chi connectivity index (χ4v) is 8.30. The molecule has 0 aliphatic carbocycles. The van der Waals surface area contributed by atoms with Gasteiger partial charge in [0.1, 0.15) is 0 Å². The molecule has 0 aromatic heterocycles. The summed E-state index contributed by atoms with van der Waals surface area (Å²) in [6, 6.07) is 63.6. The number of hydrogen-bond acceptors (Lipinski definition) is 0. The van der Waals surface area contributed by atoms with Gasteiger partial charge in [0, 0.05) is 0 Å². The summed E-state index contributed by atoms with van der Waals surface area (Å²) in [5, 5.41) is 15.3. The van der Waals surface area contributed by atoms with Crippen LogP contribution in [0.1, 0.15) is 11.1 Å². The molecule has 0 heteroatoms. The van der Waals surface area contributed by atoms with Gasteiger partial charge >= 0.3 is 0 Å². The molecule has 0 spiro atoms. The van der Waals surface area contributed by atoms with Crippen molar-refractivity contribution in [3.8, 4) is 33.4 Å². The van der Waals surface area contributed by atoms with E-state index in [1.807, 2.05) is 0 Å². The standard InChI is InChI=1S/C50H34/c1-31-15-17-36-28-38(21-19-35(36)26-31)49-45-10-5-6-11-46(45)50(39-20-18-33-16-14-32(2)27-40(33)29-39)48-30-37(23-25-47(48)49)42-12-7-13-43-41-9-4-3-8-34(41)22-24-44(42)43/h3-30H,1-2H3. The first-order valence-electron chi connectivity index (χ1n) is 17.5. The van der Waals surface area contributed by atoms with Gasteiger partial charge in [-0.25, -0.2) is 0 Å². The molecule has 0 unspecified atom stereocenters. The van der Waals surface area contributed by atoms with Crippen molar-refractivity contribution in [2.75, 3.05) is 0 Å². The fraction of sp³-hybridized carbons (Fsp3) is 0.0400. The largest absolute Gasteiger partial charge is 0.0616 e. The van der Waals surface area contributed by atoms with Gasteiger partial charge in [-0.3, -0.25) is 0 Å². The van der Waals surface area contributed by atoms with E-state index < -0.39 is 0 Å². The van der Waals surface area contributed by atoms with E-state index in [-0.39, 0.29) is 0 Å². The van der Waals surface area contributed by atoms with Crippen LogP contribution in [0.5, 0.6) is 0 Å². The lowest BCUT2D eigenvalue weighted by Crippen LogP contribution is -1.92. The first-order valence-corrected chi connectivity index (χ1v) is 17.5. The van der Waals surface area contributed by atoms with Crippen molar-refractivity contribution in [2.45, 2.75) is 13.8 Å². The highest BCUT2D eigenvalue weighted by Gasteiger charge is 2.19. The molecule has 0 saturated heterocycles. The molecule has 10 aromatic carbocycles. The van der Waals surface area contributed by atoms with Crippen LogP contribution < -0.4 is 0 Å². The molecule has 0 radical (unpaired) electrons. The van der Waals surface area contributed by atoms with Crippen LogP contribution in [0.4, 0.5) is 0 Å². The molecule has 0 N–H and O–H groups in total. The summed E-state index contributed by atoms with van der Waals surface area (Å²) in [6.45, 7) is 4.34. The van der Waals surface area contributed by atoms with Crippen molar-refractivity contribution < 1.29 is 0 Å². The fourth-order valence-electron chi connectivity index (χ4n) is 8.30. The minimum atomic E-state index is 1.23. The second-order valence-corrected chi connectivity index (χ2v) is 13.9. The summed E-state index contributed by atoms with van der Waals surface area (Å²) < 4.78 is 0. The van der Waals surface area contributed by atoms with Crippen molar-refractivity contribution in [1.29, 1.82) is 0 Å². The second kappa shape index (κ2) is 11.2. The summed E-state index contributed by atoms with van der Waals surface area (Å²) >= 11 is 0. The molecule has 0 aliphatic rings. The maximum atomic E-state index is 2.45. The van der Waals surface area contributed by atoms with Crippen molar-refractivity contribution >= 4 is 64.6 Å². The van der Waals surface area contributed by atoms with E-state index in [2.05, 4.69) is 184 Å². The predicted octanol–water partition coefficient (Wildman–Crippen LogP) is 14.2. The van der Waals surface area contributed by atoms with Gasteiger partial charge in [-0.1, -0.05) is 163 Å². The second-order valence-electron chi connectivity index (χ2n) is 13.9. The topological polar surface area (TPSA) is 0 Å². The van der Waals surface area contributed by atoms with Gasteiger partial charge in [-0.2, -0.15) is 0 Å². The molecule has 10 aromatic rings. The minimum absolute atomic E-state index is 1.23. The molecular weight excluding hydrogens is 601 g/mol. The van der Waals surface area contributed by atoms with Crippen LogP contribution >= 0.6 is 0 Å². The van der Waals surface area contributed by atoms with E-state index in [4.69, 9.17) is 0 Å². The average molecular weight is 635 g/mol. The van der Waals surface area contributed by atoms with Crippen LogP contribution in [-0.4, -0.2) is 0 Å². The van der Waals surface area contributed by atoms with Crippen molar-refractivity contribution in [1.82, 2.24) is 0 Å². The van der Waals surface area contributed by atoms with Crippen molar-refractivity contribution in [3.63, 3.8) is 0 Å². The normalized spacial score (nSPS) is 11.8. The smallest absolute Gasteiger partial charge is 0.00259 e. The van der Waals surface area contributed by atoms with E-state index in [1.165, 1.54) is 109 Å². The molecule has 0 atom stereocenters. The quantitative estimate of drug-likeness (QED) is 0.134. The SMILES string of the molecule is Cc1ccc2cc(-c3c4ccccc4c(-c4ccc5ccc(C)cc5c4)c4cc(-c5cccc6c5ccc5ccccc56)ccc34)ccc2c1. The number of hydrogen-bond donors (Lipinski definition) is 0. The van der Waals surface area contributed by atoms with E-state index in [0.29, 0.717) is 0 Å². The molecule has 0 nitrogen and oxygen atoms in total. The predicted molar refractivity (Wildman–Crippen MR) is 217 cm³/mol.